The molecule has 122 valence electrons. The van der Waals surface area contributed by atoms with Crippen molar-refractivity contribution in [3.05, 3.63) is 29.6 Å². The average molecular weight is 320 g/mol. The summed E-state index contributed by atoms with van der Waals surface area (Å²) in [5.74, 6) is -1.78. The Kier molecular flexibility index (Phi) is 4.60. The Hall–Kier alpha value is -1.83. The number of hydrogen-bond acceptors (Lipinski definition) is 3. The molecule has 1 fully saturated rings. The number of amides is 1. The summed E-state index contributed by atoms with van der Waals surface area (Å²) < 4.78 is 57.6. The van der Waals surface area contributed by atoms with Gasteiger partial charge in [0.1, 0.15) is 6.04 Å². The van der Waals surface area contributed by atoms with Gasteiger partial charge in [0.05, 0.1) is 7.11 Å². The summed E-state index contributed by atoms with van der Waals surface area (Å²) in [6.45, 7) is -0.212. The second-order valence-corrected chi connectivity index (χ2v) is 5.20. The predicted molar refractivity (Wildman–Crippen MR) is 71.0 cm³/mol. The van der Waals surface area contributed by atoms with E-state index in [-0.39, 0.29) is 30.7 Å². The smallest absolute Gasteiger partial charge is 0.408 e. The molecule has 0 radical (unpaired) electrons. The monoisotopic (exact) mass is 320 g/mol. The van der Waals surface area contributed by atoms with E-state index in [1.165, 1.54) is 19.2 Å². The first kappa shape index (κ1) is 16.5. The van der Waals surface area contributed by atoms with Crippen molar-refractivity contribution in [1.82, 2.24) is 4.90 Å². The molecule has 2 rings (SSSR count). The van der Waals surface area contributed by atoms with Gasteiger partial charge in [0.2, 0.25) is 0 Å². The lowest BCUT2D eigenvalue weighted by atomic mass is 9.97. The number of ether oxygens (including phenoxy) is 1. The van der Waals surface area contributed by atoms with Crippen LogP contribution in [0.5, 0.6) is 5.75 Å². The maximum absolute atomic E-state index is 13.6. The Morgan fingerprint density at radius 1 is 1.36 bits per heavy atom. The van der Waals surface area contributed by atoms with Gasteiger partial charge >= 0.3 is 6.18 Å². The Labute approximate surface area is 124 Å². The Bertz CT molecular complexity index is 562. The quantitative estimate of drug-likeness (QED) is 0.851. The summed E-state index contributed by atoms with van der Waals surface area (Å²) in [6.07, 6.45) is -4.61. The fourth-order valence-electron chi connectivity index (χ4n) is 2.53. The minimum absolute atomic E-state index is 0.0840. The van der Waals surface area contributed by atoms with Gasteiger partial charge in [-0.2, -0.15) is 13.2 Å². The molecule has 1 aromatic carbocycles. The minimum Gasteiger partial charge on any atom is -0.494 e. The Morgan fingerprint density at radius 2 is 2.05 bits per heavy atom. The topological polar surface area (TPSA) is 55.6 Å². The zero-order valence-electron chi connectivity index (χ0n) is 11.9. The molecule has 1 aliphatic heterocycles. The number of rotatable bonds is 2. The van der Waals surface area contributed by atoms with Gasteiger partial charge in [0, 0.05) is 18.2 Å². The number of hydrogen-bond donors (Lipinski definition) is 1. The number of carbonyl (C=O) groups excluding carboxylic acids is 1. The van der Waals surface area contributed by atoms with Crippen molar-refractivity contribution in [1.29, 1.82) is 0 Å². The minimum atomic E-state index is -4.54. The molecule has 0 aliphatic carbocycles. The van der Waals surface area contributed by atoms with E-state index in [9.17, 15) is 22.4 Å². The number of piperidine rings is 1. The van der Waals surface area contributed by atoms with E-state index in [2.05, 4.69) is 0 Å². The van der Waals surface area contributed by atoms with Crippen LogP contribution in [0.1, 0.15) is 23.2 Å². The highest BCUT2D eigenvalue weighted by atomic mass is 19.4. The number of benzene rings is 1. The molecule has 2 atom stereocenters. The Morgan fingerprint density at radius 3 is 2.59 bits per heavy atom. The van der Waals surface area contributed by atoms with Gasteiger partial charge in [-0.3, -0.25) is 4.79 Å². The number of nitrogens with two attached hydrogens (primary N) is 1. The maximum atomic E-state index is 13.6. The second-order valence-electron chi connectivity index (χ2n) is 5.20. The number of methoxy groups -OCH3 is 1. The molecule has 0 spiro atoms. The van der Waals surface area contributed by atoms with E-state index in [1.54, 1.807) is 0 Å². The molecular formula is C14H16F4N2O2. The van der Waals surface area contributed by atoms with Crippen LogP contribution in [0.15, 0.2) is 18.2 Å². The molecule has 1 aromatic rings. The first-order valence-electron chi connectivity index (χ1n) is 6.71. The molecule has 1 heterocycles. The number of halogens is 4. The van der Waals surface area contributed by atoms with Gasteiger partial charge in [-0.25, -0.2) is 4.39 Å². The third-order valence-electron chi connectivity index (χ3n) is 3.66. The largest absolute Gasteiger partial charge is 0.494 e. The van der Waals surface area contributed by atoms with Crippen LogP contribution < -0.4 is 10.5 Å². The van der Waals surface area contributed by atoms with Gasteiger partial charge < -0.3 is 15.4 Å². The number of carbonyl (C=O) groups is 1. The fourth-order valence-corrected chi connectivity index (χ4v) is 2.53. The third-order valence-corrected chi connectivity index (χ3v) is 3.66. The molecule has 1 saturated heterocycles. The third kappa shape index (κ3) is 3.32. The molecule has 0 aromatic heterocycles. The molecule has 22 heavy (non-hydrogen) atoms. The van der Waals surface area contributed by atoms with Crippen molar-refractivity contribution in [2.45, 2.75) is 31.1 Å². The summed E-state index contributed by atoms with van der Waals surface area (Å²) in [5.41, 5.74) is 5.50. The zero-order chi connectivity index (χ0) is 16.5. The number of nitrogens with zero attached hydrogens (tertiary/aromatic N) is 1. The van der Waals surface area contributed by atoms with Crippen molar-refractivity contribution in [3.8, 4) is 5.75 Å². The molecule has 4 nitrogen and oxygen atoms in total. The average Bonchev–Trinajstić information content (AvgIpc) is 2.45. The normalized spacial score (nSPS) is 22.5. The van der Waals surface area contributed by atoms with E-state index < -0.39 is 30.0 Å². The summed E-state index contributed by atoms with van der Waals surface area (Å²) in [6, 6.07) is 0.886. The van der Waals surface area contributed by atoms with Crippen LogP contribution in [-0.4, -0.2) is 42.7 Å². The van der Waals surface area contributed by atoms with Gasteiger partial charge in [-0.05, 0) is 31.0 Å². The van der Waals surface area contributed by atoms with Crippen LogP contribution in [0, 0.1) is 5.82 Å². The van der Waals surface area contributed by atoms with E-state index in [0.717, 1.165) is 6.07 Å². The highest BCUT2D eigenvalue weighted by molar-refractivity contribution is 5.94. The van der Waals surface area contributed by atoms with Crippen molar-refractivity contribution >= 4 is 5.91 Å². The zero-order valence-corrected chi connectivity index (χ0v) is 11.9. The van der Waals surface area contributed by atoms with E-state index in [4.69, 9.17) is 10.5 Å². The molecule has 8 heteroatoms. The van der Waals surface area contributed by atoms with Crippen molar-refractivity contribution < 1.29 is 27.1 Å². The Balaban J connectivity index is 2.30. The maximum Gasteiger partial charge on any atom is 0.408 e. The molecular weight excluding hydrogens is 304 g/mol. The van der Waals surface area contributed by atoms with Crippen molar-refractivity contribution in [2.24, 2.45) is 5.73 Å². The first-order valence-corrected chi connectivity index (χ1v) is 6.71. The van der Waals surface area contributed by atoms with E-state index in [0.29, 0.717) is 4.90 Å². The first-order chi connectivity index (χ1) is 10.2. The SMILES string of the molecule is COc1ccc(C(=O)N2C[C@@H](N)CC[C@H]2C(F)(F)F)cc1F. The van der Waals surface area contributed by atoms with Crippen molar-refractivity contribution in [2.75, 3.05) is 13.7 Å². The molecule has 1 amide bonds. The van der Waals surface area contributed by atoms with Crippen LogP contribution in [0.25, 0.3) is 0 Å². The summed E-state index contributed by atoms with van der Waals surface area (Å²) in [5, 5.41) is 0. The van der Waals surface area contributed by atoms with Gasteiger partial charge in [0.15, 0.2) is 11.6 Å². The van der Waals surface area contributed by atoms with E-state index in [1.807, 2.05) is 0 Å². The lowest BCUT2D eigenvalue weighted by Crippen LogP contribution is -2.56. The van der Waals surface area contributed by atoms with Gasteiger partial charge in [-0.15, -0.1) is 0 Å². The summed E-state index contributed by atoms with van der Waals surface area (Å²) >= 11 is 0. The molecule has 0 bridgehead atoms. The number of likely N-dealkylation sites (tertiary alicyclic amines) is 1. The summed E-state index contributed by atoms with van der Waals surface area (Å²) in [7, 11) is 1.25. The van der Waals surface area contributed by atoms with Crippen LogP contribution in [0.3, 0.4) is 0 Å². The lowest BCUT2D eigenvalue weighted by molar-refractivity contribution is -0.184. The molecule has 0 unspecified atom stereocenters. The second kappa shape index (κ2) is 6.12. The molecule has 0 saturated carbocycles. The van der Waals surface area contributed by atoms with Crippen molar-refractivity contribution in [3.63, 3.8) is 0 Å². The fraction of sp³-hybridized carbons (Fsp3) is 0.500. The van der Waals surface area contributed by atoms with Crippen LogP contribution in [0.2, 0.25) is 0 Å². The van der Waals surface area contributed by atoms with Gasteiger partial charge in [-0.1, -0.05) is 0 Å². The molecule has 2 N–H and O–H groups in total. The highest BCUT2D eigenvalue weighted by Gasteiger charge is 2.47. The van der Waals surface area contributed by atoms with Crippen LogP contribution in [-0.2, 0) is 0 Å². The van der Waals surface area contributed by atoms with E-state index >= 15 is 0 Å². The standard InChI is InChI=1S/C14H16F4N2O2/c1-22-11-4-2-8(6-10(11)15)13(21)20-7-9(19)3-5-12(20)14(16,17)18/h2,4,6,9,12H,3,5,7,19H2,1H3/t9-,12-/m0/s1. The highest BCUT2D eigenvalue weighted by Crippen LogP contribution is 2.33. The summed E-state index contributed by atoms with van der Waals surface area (Å²) in [4.78, 5) is 13.0. The predicted octanol–water partition coefficient (Wildman–Crippen LogP) is 2.33. The van der Waals surface area contributed by atoms with Crippen LogP contribution in [0.4, 0.5) is 17.6 Å². The molecule has 1 aliphatic rings. The number of alkyl halides is 3. The van der Waals surface area contributed by atoms with Gasteiger partial charge in [0.25, 0.3) is 5.91 Å². The van der Waals surface area contributed by atoms with Crippen LogP contribution >= 0.6 is 0 Å². The lowest BCUT2D eigenvalue weighted by Gasteiger charge is -2.39.